The van der Waals surface area contributed by atoms with Gasteiger partial charge in [-0.15, -0.1) is 105 Å². The number of aryl methyl sites for hydroxylation is 6. The van der Waals surface area contributed by atoms with Crippen molar-refractivity contribution in [1.29, 1.82) is 0 Å². The van der Waals surface area contributed by atoms with Crippen LogP contribution in [0, 0.1) is 116 Å². The van der Waals surface area contributed by atoms with Crippen molar-refractivity contribution in [2.45, 2.75) is 305 Å². The van der Waals surface area contributed by atoms with Gasteiger partial charge in [0, 0.05) is 88.8 Å². The summed E-state index contributed by atoms with van der Waals surface area (Å²) in [6, 6.07) is 50.7. The molecule has 0 saturated carbocycles. The van der Waals surface area contributed by atoms with Gasteiger partial charge in [-0.25, -0.2) is 0 Å². The zero-order chi connectivity index (χ0) is 87.4. The summed E-state index contributed by atoms with van der Waals surface area (Å²) >= 11 is 0. The molecule has 6 aromatic carbocycles. The Morgan fingerprint density at radius 3 is 0.873 bits per heavy atom. The van der Waals surface area contributed by atoms with Crippen LogP contribution in [0.15, 0.2) is 145 Å². The number of hydrogen-bond donors (Lipinski definition) is 6. The summed E-state index contributed by atoms with van der Waals surface area (Å²) in [7, 11) is 0. The zero-order valence-electron chi connectivity index (χ0n) is 78.8. The fraction of sp³-hybridized carbons (Fsp3) is 0.519. The third-order valence-electron chi connectivity index (χ3n) is 18.3. The number of benzene rings is 6. The maximum absolute atomic E-state index is 9.47. The summed E-state index contributed by atoms with van der Waals surface area (Å²) < 4.78 is 0. The molecular weight excluding hydrogens is 1990 g/mol. The van der Waals surface area contributed by atoms with Crippen molar-refractivity contribution in [2.75, 3.05) is 0 Å². The van der Waals surface area contributed by atoms with Gasteiger partial charge in [0.15, 0.2) is 0 Å². The number of aliphatic hydroxyl groups excluding tert-OH is 6. The molecule has 0 aliphatic carbocycles. The minimum absolute atomic E-state index is 0. The van der Waals surface area contributed by atoms with E-state index < -0.39 is 18.3 Å². The standard InChI is InChI=1S/3C27H34N.C11H22O2.C9H18O2.C5H10O2.3Ir/c3*1-18-11-19(2)13-21(12-18)24-10-9-23-22(17-27(6,7)8)14-20(15-25(23)28-24)16-26(3,4)5;1-8(2)5-10(12)7-11(13)6-9(3)4;1-6(2)8(10)5-9(11)7(3)4;1-4(6)3-5(2)7;;;/h3*9-12,14-15H,16-17H2,1-8H3;7-10,12-13H,5-6H2,1-4H3;5-8,10-11H,1-4H3;3-4,6-7H,1-2H3;;;/q3*-1;;;;;;. The average molecular weight is 2140 g/mol. The van der Waals surface area contributed by atoms with Gasteiger partial charge < -0.3 is 30.6 Å². The number of pyridine rings is 3. The van der Waals surface area contributed by atoms with E-state index in [1.165, 1.54) is 85.3 Å². The van der Waals surface area contributed by atoms with Gasteiger partial charge in [0.25, 0.3) is 0 Å². The van der Waals surface area contributed by atoms with Crippen LogP contribution >= 0.6 is 0 Å². The SMILES string of the molecule is CC(C)C(O)=CC(O)C(C)C.CC(C)CC(O)=CC(O)CC(C)C.CC(O)=CC(C)O.Cc1[c-]c(-c2ccc3c(CC(C)(C)C)cc(CC(C)(C)C)cc3n2)cc(C)c1.Cc1[c-]c(-c2ccc3c(CC(C)(C)C)cc(CC(C)(C)C)cc3n2)cc(C)c1.Cc1[c-]c(-c2ccc3c(CC(C)(C)C)cc(CC(C)(C)C)cc3n2)cc(C)c1.[Ir].[Ir].[Ir]. The van der Waals surface area contributed by atoms with Gasteiger partial charge in [-0.1, -0.05) is 276 Å². The van der Waals surface area contributed by atoms with E-state index in [9.17, 15) is 20.4 Å². The Morgan fingerprint density at radius 2 is 0.661 bits per heavy atom. The van der Waals surface area contributed by atoms with E-state index in [0.717, 1.165) is 106 Å². The van der Waals surface area contributed by atoms with Crippen LogP contribution in [0.2, 0.25) is 0 Å². The average Bonchev–Trinajstić information content (AvgIpc) is 0.792. The molecule has 0 bridgehead atoms. The maximum Gasteiger partial charge on any atom is 0.0933 e. The van der Waals surface area contributed by atoms with E-state index in [4.69, 9.17) is 25.2 Å². The largest absolute Gasteiger partial charge is 0.513 e. The van der Waals surface area contributed by atoms with E-state index in [2.05, 4.69) is 307 Å². The Hall–Kier alpha value is -6.00. The van der Waals surface area contributed by atoms with E-state index >= 15 is 0 Å². The Labute approximate surface area is 757 Å². The third kappa shape index (κ3) is 42.7. The van der Waals surface area contributed by atoms with E-state index in [-0.39, 0.29) is 116 Å². The van der Waals surface area contributed by atoms with Crippen molar-refractivity contribution in [2.24, 2.45) is 56.2 Å². The fourth-order valence-corrected chi connectivity index (χ4v) is 14.1. The first-order valence-electron chi connectivity index (χ1n) is 42.2. The minimum Gasteiger partial charge on any atom is -0.513 e. The molecule has 9 nitrogen and oxygen atoms in total. The Kier molecular flexibility index (Phi) is 44.9. The molecule has 0 spiro atoms. The minimum atomic E-state index is -0.537. The van der Waals surface area contributed by atoms with Crippen LogP contribution in [0.3, 0.4) is 0 Å². The molecule has 3 atom stereocenters. The van der Waals surface area contributed by atoms with Gasteiger partial charge in [0.2, 0.25) is 0 Å². The van der Waals surface area contributed by atoms with Crippen LogP contribution in [0.5, 0.6) is 0 Å². The van der Waals surface area contributed by atoms with Crippen LogP contribution in [0.25, 0.3) is 66.5 Å². The molecule has 0 amide bonds. The van der Waals surface area contributed by atoms with Gasteiger partial charge in [-0.3, -0.25) is 15.0 Å². The Balaban J connectivity index is 0.000000744. The van der Waals surface area contributed by atoms with Crippen LogP contribution in [0.4, 0.5) is 0 Å². The number of aromatic nitrogens is 3. The topological polar surface area (TPSA) is 160 Å². The summed E-state index contributed by atoms with van der Waals surface area (Å²) in [6.45, 7) is 73.0. The zero-order valence-corrected chi connectivity index (χ0v) is 86.0. The monoisotopic (exact) mass is 2140 g/mol. The smallest absolute Gasteiger partial charge is 0.0933 e. The molecule has 9 rings (SSSR count). The maximum atomic E-state index is 9.47. The molecule has 6 N–H and O–H groups in total. The number of allylic oxidation sites excluding steroid dienone is 3. The van der Waals surface area contributed by atoms with Gasteiger partial charge >= 0.3 is 0 Å². The second-order valence-electron chi connectivity index (χ2n) is 41.7. The molecular formula is C106H152Ir3N3O6-3. The number of hydrogen-bond acceptors (Lipinski definition) is 9. The van der Waals surface area contributed by atoms with Crippen LogP contribution in [-0.4, -0.2) is 63.9 Å². The second-order valence-corrected chi connectivity index (χ2v) is 41.7. The third-order valence-corrected chi connectivity index (χ3v) is 18.3. The molecule has 3 radical (unpaired) electrons. The second kappa shape index (κ2) is 48.2. The van der Waals surface area contributed by atoms with Crippen molar-refractivity contribution < 1.29 is 91.0 Å². The van der Waals surface area contributed by atoms with Gasteiger partial charge in [-0.2, -0.15) is 0 Å². The number of aliphatic hydroxyl groups is 6. The van der Waals surface area contributed by atoms with Crippen molar-refractivity contribution in [3.63, 3.8) is 0 Å². The summed E-state index contributed by atoms with van der Waals surface area (Å²) in [5, 5.41) is 58.2. The molecule has 0 aliphatic heterocycles. The van der Waals surface area contributed by atoms with E-state index in [0.29, 0.717) is 30.4 Å². The first kappa shape index (κ1) is 110. The van der Waals surface area contributed by atoms with Crippen LogP contribution < -0.4 is 0 Å². The summed E-state index contributed by atoms with van der Waals surface area (Å²) in [5.41, 5.74) is 26.7. The molecule has 0 aliphatic rings. The predicted molar refractivity (Wildman–Crippen MR) is 496 cm³/mol. The van der Waals surface area contributed by atoms with Crippen LogP contribution in [-0.2, 0) is 98.8 Å². The van der Waals surface area contributed by atoms with Gasteiger partial charge in [0.1, 0.15) is 0 Å². The molecule has 0 fully saturated rings. The van der Waals surface area contributed by atoms with E-state index in [1.54, 1.807) is 13.0 Å². The first-order valence-corrected chi connectivity index (χ1v) is 42.2. The van der Waals surface area contributed by atoms with Crippen molar-refractivity contribution in [3.8, 4) is 33.8 Å². The normalized spacial score (nSPS) is 13.1. The fourth-order valence-electron chi connectivity index (χ4n) is 14.1. The molecule has 657 valence electrons. The molecule has 3 heterocycles. The summed E-state index contributed by atoms with van der Waals surface area (Å²) in [5.74, 6) is 1.89. The van der Waals surface area contributed by atoms with Gasteiger partial charge in [-0.05, 0) is 196 Å². The summed E-state index contributed by atoms with van der Waals surface area (Å²) in [4.78, 5) is 15.2. The molecule has 3 unspecified atom stereocenters. The molecule has 3 aromatic heterocycles. The Bertz CT molecular complexity index is 4250. The molecule has 0 saturated heterocycles. The first-order chi connectivity index (χ1) is 52.7. The number of rotatable bonds is 18. The molecule has 9 aromatic rings. The molecule has 118 heavy (non-hydrogen) atoms. The summed E-state index contributed by atoms with van der Waals surface area (Å²) in [6.07, 6.45) is 10.5. The van der Waals surface area contributed by atoms with E-state index in [1.807, 2.05) is 41.5 Å². The molecule has 12 heteroatoms. The Morgan fingerprint density at radius 1 is 0.373 bits per heavy atom. The number of fused-ring (bicyclic) bond motifs is 3. The number of nitrogens with zero attached hydrogens (tertiary/aromatic N) is 3. The predicted octanol–water partition coefficient (Wildman–Crippen LogP) is 28.3. The van der Waals surface area contributed by atoms with Crippen molar-refractivity contribution in [1.82, 2.24) is 15.0 Å². The van der Waals surface area contributed by atoms with Gasteiger partial charge in [0.05, 0.1) is 52.1 Å². The quantitative estimate of drug-likeness (QED) is 0.0363. The van der Waals surface area contributed by atoms with Crippen molar-refractivity contribution >= 4 is 32.7 Å². The van der Waals surface area contributed by atoms with Crippen LogP contribution in [0.1, 0.15) is 273 Å². The van der Waals surface area contributed by atoms with Crippen molar-refractivity contribution in [3.05, 3.63) is 230 Å².